The lowest BCUT2D eigenvalue weighted by molar-refractivity contribution is -0.121. The molecule has 1 heterocycles. The zero-order valence-electron chi connectivity index (χ0n) is 16.4. The molecule has 1 N–H and O–H groups in total. The van der Waals surface area contributed by atoms with Crippen molar-refractivity contribution in [2.75, 3.05) is 51.1 Å². The van der Waals surface area contributed by atoms with Crippen molar-refractivity contribution in [2.24, 2.45) is 0 Å². The molecule has 28 heavy (non-hydrogen) atoms. The van der Waals surface area contributed by atoms with Gasteiger partial charge < -0.3 is 24.6 Å². The second-order valence-corrected chi connectivity index (χ2v) is 6.86. The zero-order valence-corrected chi connectivity index (χ0v) is 16.4. The summed E-state index contributed by atoms with van der Waals surface area (Å²) in [4.78, 5) is 28.7. The van der Waals surface area contributed by atoms with E-state index < -0.39 is 0 Å². The van der Waals surface area contributed by atoms with Gasteiger partial charge in [0.15, 0.2) is 6.61 Å². The molecule has 148 valence electrons. The van der Waals surface area contributed by atoms with Gasteiger partial charge in [-0.05, 0) is 63.5 Å². The molecule has 0 aromatic heterocycles. The molecule has 7 nitrogen and oxygen atoms in total. The van der Waals surface area contributed by atoms with Crippen molar-refractivity contribution in [3.8, 4) is 11.5 Å². The van der Waals surface area contributed by atoms with Crippen LogP contribution in [0.15, 0.2) is 42.5 Å². The Balaban J connectivity index is 1.78. The van der Waals surface area contributed by atoms with E-state index in [0.717, 1.165) is 13.0 Å². The SMILES string of the molecule is COc1cccc(C(=O)Nc2ccc3c(c2)N(CCCN(C)C)C(=O)CO3)c1. The molecule has 2 aromatic carbocycles. The van der Waals surface area contributed by atoms with Crippen LogP contribution in [-0.2, 0) is 4.79 Å². The third kappa shape index (κ3) is 4.61. The van der Waals surface area contributed by atoms with Crippen molar-refractivity contribution in [3.05, 3.63) is 48.0 Å². The molecule has 0 saturated carbocycles. The number of hydrogen-bond donors (Lipinski definition) is 1. The minimum atomic E-state index is -0.249. The van der Waals surface area contributed by atoms with Crippen molar-refractivity contribution in [3.63, 3.8) is 0 Å². The molecule has 1 aliphatic heterocycles. The van der Waals surface area contributed by atoms with Crippen LogP contribution in [0.1, 0.15) is 16.8 Å². The van der Waals surface area contributed by atoms with Gasteiger partial charge >= 0.3 is 0 Å². The fourth-order valence-electron chi connectivity index (χ4n) is 3.04. The van der Waals surface area contributed by atoms with Gasteiger partial charge in [0.2, 0.25) is 0 Å². The van der Waals surface area contributed by atoms with Crippen molar-refractivity contribution in [2.45, 2.75) is 6.42 Å². The van der Waals surface area contributed by atoms with Crippen molar-refractivity contribution < 1.29 is 19.1 Å². The first-order valence-electron chi connectivity index (χ1n) is 9.15. The van der Waals surface area contributed by atoms with E-state index in [9.17, 15) is 9.59 Å². The topological polar surface area (TPSA) is 71.1 Å². The maximum atomic E-state index is 12.6. The lowest BCUT2D eigenvalue weighted by Gasteiger charge is -2.30. The number of hydrogen-bond acceptors (Lipinski definition) is 5. The molecular formula is C21H25N3O4. The number of ether oxygens (including phenoxy) is 2. The zero-order chi connectivity index (χ0) is 20.1. The number of benzene rings is 2. The van der Waals surface area contributed by atoms with Crippen LogP contribution in [-0.4, -0.2) is 57.6 Å². The highest BCUT2D eigenvalue weighted by Crippen LogP contribution is 2.34. The highest BCUT2D eigenvalue weighted by Gasteiger charge is 2.25. The second kappa shape index (κ2) is 8.75. The van der Waals surface area contributed by atoms with Gasteiger partial charge in [0.1, 0.15) is 11.5 Å². The molecule has 3 rings (SSSR count). The number of nitrogens with one attached hydrogen (secondary N) is 1. The Kier molecular flexibility index (Phi) is 6.16. The first-order chi connectivity index (χ1) is 13.5. The molecule has 0 unspecified atom stereocenters. The number of carbonyl (C=O) groups is 2. The van der Waals surface area contributed by atoms with E-state index in [0.29, 0.717) is 35.0 Å². The Morgan fingerprint density at radius 1 is 1.25 bits per heavy atom. The van der Waals surface area contributed by atoms with E-state index >= 15 is 0 Å². The van der Waals surface area contributed by atoms with Crippen LogP contribution in [0.4, 0.5) is 11.4 Å². The predicted octanol–water partition coefficient (Wildman–Crippen LogP) is 2.62. The van der Waals surface area contributed by atoms with Gasteiger partial charge in [-0.3, -0.25) is 9.59 Å². The molecule has 0 radical (unpaired) electrons. The average Bonchev–Trinajstić information content (AvgIpc) is 2.69. The molecule has 0 bridgehead atoms. The highest BCUT2D eigenvalue weighted by molar-refractivity contribution is 6.05. The summed E-state index contributed by atoms with van der Waals surface area (Å²) in [6.07, 6.45) is 0.846. The van der Waals surface area contributed by atoms with Crippen molar-refractivity contribution in [1.82, 2.24) is 4.90 Å². The summed E-state index contributed by atoms with van der Waals surface area (Å²) in [5.41, 5.74) is 1.77. The fourth-order valence-corrected chi connectivity index (χ4v) is 3.04. The number of methoxy groups -OCH3 is 1. The number of amides is 2. The van der Waals surface area contributed by atoms with Gasteiger partial charge in [0.25, 0.3) is 11.8 Å². The molecule has 2 amide bonds. The van der Waals surface area contributed by atoms with Gasteiger partial charge in [-0.1, -0.05) is 6.07 Å². The summed E-state index contributed by atoms with van der Waals surface area (Å²) >= 11 is 0. The van der Waals surface area contributed by atoms with Crippen LogP contribution in [0.3, 0.4) is 0 Å². The van der Waals surface area contributed by atoms with Crippen LogP contribution < -0.4 is 19.7 Å². The predicted molar refractivity (Wildman–Crippen MR) is 108 cm³/mol. The Morgan fingerprint density at radius 2 is 2.07 bits per heavy atom. The number of carbonyl (C=O) groups excluding carboxylic acids is 2. The molecule has 0 aliphatic carbocycles. The van der Waals surface area contributed by atoms with E-state index in [1.54, 1.807) is 54.5 Å². The minimum Gasteiger partial charge on any atom is -0.497 e. The molecule has 0 spiro atoms. The Labute approximate surface area is 164 Å². The van der Waals surface area contributed by atoms with Crippen molar-refractivity contribution in [1.29, 1.82) is 0 Å². The maximum absolute atomic E-state index is 12.6. The van der Waals surface area contributed by atoms with Crippen LogP contribution in [0, 0.1) is 0 Å². The van der Waals surface area contributed by atoms with E-state index in [1.807, 2.05) is 14.1 Å². The summed E-state index contributed by atoms with van der Waals surface area (Å²) in [6, 6.07) is 12.3. The largest absolute Gasteiger partial charge is 0.497 e. The van der Waals surface area contributed by atoms with Gasteiger partial charge in [0.05, 0.1) is 12.8 Å². The first-order valence-corrected chi connectivity index (χ1v) is 9.15. The molecule has 0 saturated heterocycles. The lowest BCUT2D eigenvalue weighted by Crippen LogP contribution is -2.40. The number of nitrogens with zero attached hydrogens (tertiary/aromatic N) is 2. The van der Waals surface area contributed by atoms with Gasteiger partial charge in [-0.2, -0.15) is 0 Å². The number of fused-ring (bicyclic) bond motifs is 1. The Bertz CT molecular complexity index is 866. The van der Waals surface area contributed by atoms with Crippen LogP contribution in [0.2, 0.25) is 0 Å². The summed E-state index contributed by atoms with van der Waals surface area (Å²) in [5.74, 6) is 0.927. The smallest absolute Gasteiger partial charge is 0.265 e. The standard InChI is InChI=1S/C21H25N3O4/c1-23(2)10-5-11-24-18-13-16(8-9-19(18)28-14-20(24)25)22-21(26)15-6-4-7-17(12-15)27-3/h4,6-9,12-13H,5,10-11,14H2,1-3H3,(H,22,26). The monoisotopic (exact) mass is 383 g/mol. The summed E-state index contributed by atoms with van der Waals surface area (Å²) in [6.45, 7) is 1.51. The molecule has 0 fully saturated rings. The number of rotatable bonds is 7. The normalized spacial score (nSPS) is 13.1. The summed E-state index contributed by atoms with van der Waals surface area (Å²) < 4.78 is 10.7. The Hall–Kier alpha value is -3.06. The van der Waals surface area contributed by atoms with Gasteiger partial charge in [0, 0.05) is 17.8 Å². The van der Waals surface area contributed by atoms with E-state index in [2.05, 4.69) is 10.2 Å². The summed E-state index contributed by atoms with van der Waals surface area (Å²) in [5, 5.41) is 2.87. The average molecular weight is 383 g/mol. The number of anilines is 2. The van der Waals surface area contributed by atoms with Gasteiger partial charge in [-0.25, -0.2) is 0 Å². The molecule has 7 heteroatoms. The van der Waals surface area contributed by atoms with Crippen LogP contribution >= 0.6 is 0 Å². The van der Waals surface area contributed by atoms with Crippen LogP contribution in [0.5, 0.6) is 11.5 Å². The molecule has 0 atom stereocenters. The lowest BCUT2D eigenvalue weighted by atomic mass is 10.1. The van der Waals surface area contributed by atoms with E-state index in [1.165, 1.54) is 0 Å². The fraction of sp³-hybridized carbons (Fsp3) is 0.333. The Morgan fingerprint density at radius 3 is 2.82 bits per heavy atom. The minimum absolute atomic E-state index is 0.0322. The molecule has 1 aliphatic rings. The highest BCUT2D eigenvalue weighted by atomic mass is 16.5. The van der Waals surface area contributed by atoms with E-state index in [4.69, 9.17) is 9.47 Å². The van der Waals surface area contributed by atoms with Crippen LogP contribution in [0.25, 0.3) is 0 Å². The van der Waals surface area contributed by atoms with Crippen molar-refractivity contribution >= 4 is 23.2 Å². The first kappa shape index (κ1) is 19.7. The third-order valence-electron chi connectivity index (χ3n) is 4.48. The molecular weight excluding hydrogens is 358 g/mol. The third-order valence-corrected chi connectivity index (χ3v) is 4.48. The van der Waals surface area contributed by atoms with E-state index in [-0.39, 0.29) is 18.4 Å². The maximum Gasteiger partial charge on any atom is 0.265 e. The second-order valence-electron chi connectivity index (χ2n) is 6.86. The van der Waals surface area contributed by atoms with Gasteiger partial charge in [-0.15, -0.1) is 0 Å². The summed E-state index contributed by atoms with van der Waals surface area (Å²) in [7, 11) is 5.56. The quantitative estimate of drug-likeness (QED) is 0.796. The molecule has 2 aromatic rings.